The second kappa shape index (κ2) is 8.05. The molecule has 0 spiro atoms. The zero-order valence-electron chi connectivity index (χ0n) is 15.1. The number of carbonyl (C=O) groups excluding carboxylic acids is 1. The second-order valence-electron chi connectivity index (χ2n) is 6.86. The van der Waals surface area contributed by atoms with Gasteiger partial charge in [0.25, 0.3) is 0 Å². The van der Waals surface area contributed by atoms with Gasteiger partial charge in [0, 0.05) is 6.54 Å². The molecule has 2 aromatic rings. The van der Waals surface area contributed by atoms with Crippen molar-refractivity contribution in [3.63, 3.8) is 0 Å². The maximum absolute atomic E-state index is 13.2. The van der Waals surface area contributed by atoms with E-state index >= 15 is 0 Å². The van der Waals surface area contributed by atoms with Crippen LogP contribution >= 0.6 is 0 Å². The molecule has 2 aromatic carbocycles. The predicted octanol–water partition coefficient (Wildman–Crippen LogP) is 4.09. The Bertz CT molecular complexity index is 782. The number of methoxy groups -OCH3 is 1. The summed E-state index contributed by atoms with van der Waals surface area (Å²) in [6, 6.07) is 17.3. The lowest BCUT2D eigenvalue weighted by molar-refractivity contribution is -0.128. The minimum absolute atomic E-state index is 0.0896. The fraction of sp³-hybridized carbons (Fsp3) is 0.364. The monoisotopic (exact) mass is 348 g/mol. The number of nitrogens with one attached hydrogen (secondary N) is 1. The van der Waals surface area contributed by atoms with E-state index in [0.717, 1.165) is 42.6 Å². The first-order chi connectivity index (χ1) is 12.7. The normalized spacial score (nSPS) is 15.7. The molecule has 134 valence electrons. The highest BCUT2D eigenvalue weighted by Crippen LogP contribution is 2.40. The number of hydrogen-bond donors (Lipinski definition) is 1. The topological polar surface area (TPSA) is 62.1 Å². The standard InChI is InChI=1S/C22H24N2O2/c1-26-20-11-9-19(10-12-20)22(13-3-2-4-14-22)21(25)24-16-18-7-5-17(15-23)6-8-18/h5-12H,2-4,13-14,16H2,1H3,(H,24,25). The molecule has 1 saturated carbocycles. The van der Waals surface area contributed by atoms with Crippen molar-refractivity contribution < 1.29 is 9.53 Å². The van der Waals surface area contributed by atoms with Crippen molar-refractivity contribution in [2.24, 2.45) is 0 Å². The van der Waals surface area contributed by atoms with Gasteiger partial charge < -0.3 is 10.1 Å². The Kier molecular flexibility index (Phi) is 5.58. The summed E-state index contributed by atoms with van der Waals surface area (Å²) in [6.45, 7) is 0.475. The van der Waals surface area contributed by atoms with E-state index in [1.165, 1.54) is 6.42 Å². The van der Waals surface area contributed by atoms with Gasteiger partial charge in [0.1, 0.15) is 5.75 Å². The van der Waals surface area contributed by atoms with E-state index in [0.29, 0.717) is 12.1 Å². The first kappa shape index (κ1) is 18.0. The van der Waals surface area contributed by atoms with E-state index in [9.17, 15) is 4.79 Å². The first-order valence-corrected chi connectivity index (χ1v) is 9.10. The lowest BCUT2D eigenvalue weighted by Gasteiger charge is -2.36. The van der Waals surface area contributed by atoms with Crippen LogP contribution in [0.15, 0.2) is 48.5 Å². The van der Waals surface area contributed by atoms with Crippen LogP contribution in [0.1, 0.15) is 48.8 Å². The number of carbonyl (C=O) groups is 1. The van der Waals surface area contributed by atoms with Gasteiger partial charge in [0.05, 0.1) is 24.2 Å². The summed E-state index contributed by atoms with van der Waals surface area (Å²) < 4.78 is 5.25. The molecular weight excluding hydrogens is 324 g/mol. The third-order valence-electron chi connectivity index (χ3n) is 5.32. The van der Waals surface area contributed by atoms with Crippen LogP contribution in [0.2, 0.25) is 0 Å². The molecule has 3 rings (SSSR count). The molecule has 4 nitrogen and oxygen atoms in total. The average molecular weight is 348 g/mol. The summed E-state index contributed by atoms with van der Waals surface area (Å²) >= 11 is 0. The van der Waals surface area contributed by atoms with E-state index in [1.807, 2.05) is 36.4 Å². The van der Waals surface area contributed by atoms with Crippen LogP contribution in [0.25, 0.3) is 0 Å². The third-order valence-corrected chi connectivity index (χ3v) is 5.32. The summed E-state index contributed by atoms with van der Waals surface area (Å²) in [5.41, 5.74) is 2.23. The summed E-state index contributed by atoms with van der Waals surface area (Å²) in [5.74, 6) is 0.893. The molecule has 0 unspecified atom stereocenters. The van der Waals surface area contributed by atoms with E-state index in [1.54, 1.807) is 19.2 Å². The third kappa shape index (κ3) is 3.72. The van der Waals surface area contributed by atoms with Crippen molar-refractivity contribution in [1.82, 2.24) is 5.32 Å². The Morgan fingerprint density at radius 2 is 1.73 bits per heavy atom. The fourth-order valence-electron chi connectivity index (χ4n) is 3.76. The molecule has 0 saturated heterocycles. The molecule has 1 aliphatic rings. The van der Waals surface area contributed by atoms with Crippen molar-refractivity contribution in [1.29, 1.82) is 5.26 Å². The molecule has 4 heteroatoms. The lowest BCUT2D eigenvalue weighted by atomic mass is 9.68. The van der Waals surface area contributed by atoms with Crippen molar-refractivity contribution in [3.8, 4) is 11.8 Å². The van der Waals surface area contributed by atoms with Gasteiger partial charge in [-0.2, -0.15) is 5.26 Å². The zero-order valence-corrected chi connectivity index (χ0v) is 15.1. The molecule has 1 amide bonds. The molecule has 1 N–H and O–H groups in total. The molecular formula is C22H24N2O2. The Morgan fingerprint density at radius 1 is 1.08 bits per heavy atom. The number of hydrogen-bond acceptors (Lipinski definition) is 3. The lowest BCUT2D eigenvalue weighted by Crippen LogP contribution is -2.45. The molecule has 0 heterocycles. The number of ether oxygens (including phenoxy) is 1. The van der Waals surface area contributed by atoms with Gasteiger partial charge in [-0.05, 0) is 48.2 Å². The number of nitrogens with zero attached hydrogens (tertiary/aromatic N) is 1. The molecule has 1 aliphatic carbocycles. The molecule has 26 heavy (non-hydrogen) atoms. The maximum atomic E-state index is 13.2. The van der Waals surface area contributed by atoms with Gasteiger partial charge in [0.15, 0.2) is 0 Å². The molecule has 0 aromatic heterocycles. The van der Waals surface area contributed by atoms with Gasteiger partial charge in [-0.1, -0.05) is 43.5 Å². The quantitative estimate of drug-likeness (QED) is 0.885. The highest BCUT2D eigenvalue weighted by atomic mass is 16.5. The number of amides is 1. The molecule has 0 bridgehead atoms. The molecule has 0 atom stereocenters. The van der Waals surface area contributed by atoms with E-state index in [4.69, 9.17) is 10.00 Å². The van der Waals surface area contributed by atoms with Crippen LogP contribution in [-0.2, 0) is 16.8 Å². The van der Waals surface area contributed by atoms with Gasteiger partial charge in [-0.15, -0.1) is 0 Å². The largest absolute Gasteiger partial charge is 0.497 e. The highest BCUT2D eigenvalue weighted by molar-refractivity contribution is 5.88. The number of rotatable bonds is 5. The van der Waals surface area contributed by atoms with E-state index in [2.05, 4.69) is 11.4 Å². The number of nitriles is 1. The van der Waals surface area contributed by atoms with Crippen LogP contribution in [0, 0.1) is 11.3 Å². The Hall–Kier alpha value is -2.80. The molecule has 0 aliphatic heterocycles. The first-order valence-electron chi connectivity index (χ1n) is 9.10. The smallest absolute Gasteiger partial charge is 0.230 e. The SMILES string of the molecule is COc1ccc(C2(C(=O)NCc3ccc(C#N)cc3)CCCCC2)cc1. The van der Waals surface area contributed by atoms with Crippen LogP contribution in [-0.4, -0.2) is 13.0 Å². The van der Waals surface area contributed by atoms with E-state index in [-0.39, 0.29) is 5.91 Å². The predicted molar refractivity (Wildman–Crippen MR) is 101 cm³/mol. The summed E-state index contributed by atoms with van der Waals surface area (Å²) in [4.78, 5) is 13.2. The van der Waals surface area contributed by atoms with Crippen LogP contribution in [0.5, 0.6) is 5.75 Å². The van der Waals surface area contributed by atoms with Crippen molar-refractivity contribution >= 4 is 5.91 Å². The Labute approximate surface area is 154 Å². The molecule has 1 fully saturated rings. The van der Waals surface area contributed by atoms with Crippen molar-refractivity contribution in [2.45, 2.75) is 44.1 Å². The van der Waals surface area contributed by atoms with Crippen LogP contribution in [0.3, 0.4) is 0 Å². The number of benzene rings is 2. The van der Waals surface area contributed by atoms with Gasteiger partial charge in [0.2, 0.25) is 5.91 Å². The van der Waals surface area contributed by atoms with Crippen molar-refractivity contribution in [3.05, 3.63) is 65.2 Å². The molecule has 0 radical (unpaired) electrons. The maximum Gasteiger partial charge on any atom is 0.230 e. The van der Waals surface area contributed by atoms with Crippen LogP contribution in [0.4, 0.5) is 0 Å². The second-order valence-corrected chi connectivity index (χ2v) is 6.86. The minimum atomic E-state index is -0.461. The minimum Gasteiger partial charge on any atom is -0.497 e. The Balaban J connectivity index is 1.77. The summed E-state index contributed by atoms with van der Waals surface area (Å²) in [7, 11) is 1.65. The zero-order chi connectivity index (χ0) is 18.4. The van der Waals surface area contributed by atoms with E-state index < -0.39 is 5.41 Å². The fourth-order valence-corrected chi connectivity index (χ4v) is 3.76. The Morgan fingerprint density at radius 3 is 2.31 bits per heavy atom. The van der Waals surface area contributed by atoms with Gasteiger partial charge in [-0.25, -0.2) is 0 Å². The summed E-state index contributed by atoms with van der Waals surface area (Å²) in [6.07, 6.45) is 5.06. The van der Waals surface area contributed by atoms with Gasteiger partial charge >= 0.3 is 0 Å². The van der Waals surface area contributed by atoms with Crippen molar-refractivity contribution in [2.75, 3.05) is 7.11 Å². The average Bonchev–Trinajstić information content (AvgIpc) is 2.73. The highest BCUT2D eigenvalue weighted by Gasteiger charge is 2.40. The van der Waals surface area contributed by atoms with Crippen LogP contribution < -0.4 is 10.1 Å². The summed E-state index contributed by atoms with van der Waals surface area (Å²) in [5, 5.41) is 12.0. The van der Waals surface area contributed by atoms with Gasteiger partial charge in [-0.3, -0.25) is 4.79 Å².